The van der Waals surface area contributed by atoms with Gasteiger partial charge in [0.15, 0.2) is 6.10 Å². The van der Waals surface area contributed by atoms with Crippen molar-refractivity contribution in [2.45, 2.75) is 13.0 Å². The highest BCUT2D eigenvalue weighted by molar-refractivity contribution is 7.12. The van der Waals surface area contributed by atoms with Crippen LogP contribution in [0.3, 0.4) is 0 Å². The molecule has 2 aromatic carbocycles. The number of carbonyl (C=O) groups is 2. The van der Waals surface area contributed by atoms with Crippen LogP contribution in [0.25, 0.3) is 22.8 Å². The second-order valence-electron chi connectivity index (χ2n) is 7.00. The minimum Gasteiger partial charge on any atom is -0.449 e. The topological polar surface area (TPSA) is 55.4 Å². The average molecular weight is 460 g/mol. The van der Waals surface area contributed by atoms with Crippen molar-refractivity contribution in [3.8, 4) is 11.1 Å². The molecule has 0 aliphatic heterocycles. The fraction of sp³-hybridized carbons (Fsp3) is 0.0769. The quantitative estimate of drug-likeness (QED) is 0.251. The first-order valence-corrected chi connectivity index (χ1v) is 11.8. The zero-order chi connectivity index (χ0) is 22.3. The van der Waals surface area contributed by atoms with E-state index in [0.29, 0.717) is 11.3 Å². The molecule has 1 unspecified atom stereocenters. The highest BCUT2D eigenvalue weighted by Crippen LogP contribution is 2.29. The Kier molecular flexibility index (Phi) is 6.94. The molecule has 4 nitrogen and oxygen atoms in total. The van der Waals surface area contributed by atoms with Gasteiger partial charge in [-0.1, -0.05) is 60.7 Å². The van der Waals surface area contributed by atoms with Gasteiger partial charge < -0.3 is 10.1 Å². The summed E-state index contributed by atoms with van der Waals surface area (Å²) in [5.74, 6) is -0.914. The number of benzene rings is 2. The highest BCUT2D eigenvalue weighted by atomic mass is 32.1. The molecule has 0 fully saturated rings. The predicted octanol–water partition coefficient (Wildman–Crippen LogP) is 6.59. The summed E-state index contributed by atoms with van der Waals surface area (Å²) in [7, 11) is 0. The molecule has 2 heterocycles. The molecule has 6 heteroatoms. The summed E-state index contributed by atoms with van der Waals surface area (Å²) in [6.07, 6.45) is 0.840. The van der Waals surface area contributed by atoms with Crippen LogP contribution in [-0.4, -0.2) is 18.0 Å². The third kappa shape index (κ3) is 5.22. The van der Waals surface area contributed by atoms with Gasteiger partial charge in [-0.3, -0.25) is 4.79 Å². The van der Waals surface area contributed by atoms with Crippen molar-refractivity contribution in [3.05, 3.63) is 99.4 Å². The van der Waals surface area contributed by atoms with Crippen molar-refractivity contribution in [3.63, 3.8) is 0 Å². The Morgan fingerprint density at radius 3 is 2.31 bits per heavy atom. The van der Waals surface area contributed by atoms with Crippen molar-refractivity contribution in [2.75, 3.05) is 5.32 Å². The molecule has 1 amide bonds. The zero-order valence-corrected chi connectivity index (χ0v) is 19.0. The monoisotopic (exact) mass is 459 g/mol. The molecule has 4 rings (SSSR count). The third-order valence-electron chi connectivity index (χ3n) is 4.76. The Hall–Kier alpha value is -3.48. The summed E-state index contributed by atoms with van der Waals surface area (Å²) < 4.78 is 5.56. The van der Waals surface area contributed by atoms with E-state index >= 15 is 0 Å². The number of anilines is 1. The Balaban J connectivity index is 1.50. The predicted molar refractivity (Wildman–Crippen MR) is 133 cm³/mol. The Bertz CT molecular complexity index is 1210. The number of rotatable bonds is 7. The molecule has 0 aliphatic rings. The van der Waals surface area contributed by atoms with Gasteiger partial charge in [0, 0.05) is 21.0 Å². The zero-order valence-electron chi connectivity index (χ0n) is 17.4. The summed E-state index contributed by atoms with van der Waals surface area (Å²) in [6.45, 7) is 1.58. The van der Waals surface area contributed by atoms with Crippen LogP contribution < -0.4 is 5.32 Å². The van der Waals surface area contributed by atoms with Crippen LogP contribution in [0, 0.1) is 0 Å². The first-order chi connectivity index (χ1) is 15.6. The fourth-order valence-electron chi connectivity index (χ4n) is 3.15. The lowest BCUT2D eigenvalue weighted by Gasteiger charge is -2.16. The van der Waals surface area contributed by atoms with Crippen LogP contribution in [-0.2, 0) is 14.3 Å². The van der Waals surface area contributed by atoms with Crippen LogP contribution in [0.15, 0.2) is 89.6 Å². The lowest BCUT2D eigenvalue weighted by Crippen LogP contribution is -2.30. The molecular weight excluding hydrogens is 438 g/mol. The molecule has 32 heavy (non-hydrogen) atoms. The van der Waals surface area contributed by atoms with E-state index in [4.69, 9.17) is 4.74 Å². The van der Waals surface area contributed by atoms with Gasteiger partial charge in [-0.15, -0.1) is 22.7 Å². The molecule has 0 saturated carbocycles. The summed E-state index contributed by atoms with van der Waals surface area (Å²) in [4.78, 5) is 27.6. The number of ether oxygens (including phenoxy) is 1. The molecule has 1 atom stereocenters. The van der Waals surface area contributed by atoms with E-state index in [0.717, 1.165) is 20.9 Å². The lowest BCUT2D eigenvalue weighted by atomic mass is 10.0. The summed E-state index contributed by atoms with van der Waals surface area (Å²) >= 11 is 2.99. The SMILES string of the molecule is CC(OC(=O)/C(=C/c1cccs1)c1cccs1)C(=O)Nc1ccccc1-c1ccccc1. The molecule has 2 aromatic heterocycles. The van der Waals surface area contributed by atoms with E-state index < -0.39 is 12.1 Å². The number of thiophene rings is 2. The van der Waals surface area contributed by atoms with E-state index in [2.05, 4.69) is 5.32 Å². The van der Waals surface area contributed by atoms with Crippen molar-refractivity contribution in [1.82, 2.24) is 0 Å². The van der Waals surface area contributed by atoms with Crippen molar-refractivity contribution in [1.29, 1.82) is 0 Å². The van der Waals surface area contributed by atoms with E-state index in [9.17, 15) is 9.59 Å². The number of esters is 1. The van der Waals surface area contributed by atoms with Crippen LogP contribution in [0.5, 0.6) is 0 Å². The third-order valence-corrected chi connectivity index (χ3v) is 6.48. The summed E-state index contributed by atoms with van der Waals surface area (Å²) in [5, 5.41) is 6.75. The van der Waals surface area contributed by atoms with Gasteiger partial charge in [0.1, 0.15) is 0 Å². The van der Waals surface area contributed by atoms with E-state index in [1.165, 1.54) is 22.7 Å². The van der Waals surface area contributed by atoms with Gasteiger partial charge >= 0.3 is 5.97 Å². The van der Waals surface area contributed by atoms with Crippen LogP contribution >= 0.6 is 22.7 Å². The maximum atomic E-state index is 13.0. The summed E-state index contributed by atoms with van der Waals surface area (Å²) in [6, 6.07) is 25.0. The largest absolute Gasteiger partial charge is 0.449 e. The molecule has 1 N–H and O–H groups in total. The fourth-order valence-corrected chi connectivity index (χ4v) is 4.54. The Morgan fingerprint density at radius 2 is 1.59 bits per heavy atom. The maximum Gasteiger partial charge on any atom is 0.340 e. The Morgan fingerprint density at radius 1 is 0.875 bits per heavy atom. The normalized spacial score (nSPS) is 12.2. The molecule has 0 aliphatic carbocycles. The van der Waals surface area contributed by atoms with Gasteiger partial charge in [-0.25, -0.2) is 4.79 Å². The Labute approximate surface area is 194 Å². The number of carbonyl (C=O) groups excluding carboxylic acids is 2. The van der Waals surface area contributed by atoms with Crippen molar-refractivity contribution >= 4 is 51.9 Å². The van der Waals surface area contributed by atoms with E-state index in [-0.39, 0.29) is 5.91 Å². The molecule has 0 saturated heterocycles. The van der Waals surface area contributed by atoms with E-state index in [1.807, 2.05) is 89.6 Å². The number of amides is 1. The number of nitrogens with one attached hydrogen (secondary N) is 1. The lowest BCUT2D eigenvalue weighted by molar-refractivity contribution is -0.147. The van der Waals surface area contributed by atoms with Gasteiger partial charge in [0.2, 0.25) is 0 Å². The standard InChI is InChI=1S/C26H21NO3S2/c1-18(25(28)27-23-13-6-5-12-21(23)19-9-3-2-4-10-19)30-26(29)22(24-14-8-16-32-24)17-20-11-7-15-31-20/h2-18H,1H3,(H,27,28)/b22-17+. The minimum atomic E-state index is -0.960. The molecule has 0 radical (unpaired) electrons. The molecule has 0 spiro atoms. The molecule has 0 bridgehead atoms. The number of hydrogen-bond donors (Lipinski definition) is 1. The van der Waals surface area contributed by atoms with Crippen LogP contribution in [0.2, 0.25) is 0 Å². The summed E-state index contributed by atoms with van der Waals surface area (Å²) in [5.41, 5.74) is 3.00. The number of para-hydroxylation sites is 1. The van der Waals surface area contributed by atoms with Crippen molar-refractivity contribution < 1.29 is 14.3 Å². The number of hydrogen-bond acceptors (Lipinski definition) is 5. The van der Waals surface area contributed by atoms with E-state index in [1.54, 1.807) is 13.0 Å². The first-order valence-electron chi connectivity index (χ1n) is 10.1. The van der Waals surface area contributed by atoms with Crippen LogP contribution in [0.4, 0.5) is 5.69 Å². The first kappa shape index (κ1) is 21.7. The van der Waals surface area contributed by atoms with Crippen LogP contribution in [0.1, 0.15) is 16.7 Å². The molecule has 160 valence electrons. The maximum absolute atomic E-state index is 13.0. The average Bonchev–Trinajstić information content (AvgIpc) is 3.52. The van der Waals surface area contributed by atoms with Gasteiger partial charge in [0.05, 0.1) is 5.57 Å². The van der Waals surface area contributed by atoms with Crippen molar-refractivity contribution in [2.24, 2.45) is 0 Å². The van der Waals surface area contributed by atoms with Gasteiger partial charge in [-0.2, -0.15) is 0 Å². The highest BCUT2D eigenvalue weighted by Gasteiger charge is 2.23. The second-order valence-corrected chi connectivity index (χ2v) is 8.93. The van der Waals surface area contributed by atoms with Gasteiger partial charge in [-0.05, 0) is 47.5 Å². The minimum absolute atomic E-state index is 0.386. The molecular formula is C26H21NO3S2. The molecule has 4 aromatic rings. The smallest absolute Gasteiger partial charge is 0.340 e. The second kappa shape index (κ2) is 10.2. The van der Waals surface area contributed by atoms with Gasteiger partial charge in [0.25, 0.3) is 5.91 Å².